The summed E-state index contributed by atoms with van der Waals surface area (Å²) in [4.78, 5) is 22.4. The molecule has 0 aliphatic carbocycles. The predicted molar refractivity (Wildman–Crippen MR) is 76.1 cm³/mol. The van der Waals surface area contributed by atoms with Gasteiger partial charge >= 0.3 is 0 Å². The van der Waals surface area contributed by atoms with Crippen molar-refractivity contribution in [3.05, 3.63) is 12.2 Å². The van der Waals surface area contributed by atoms with E-state index in [9.17, 15) is 9.59 Å². The van der Waals surface area contributed by atoms with Gasteiger partial charge in [-0.2, -0.15) is 0 Å². The quantitative estimate of drug-likeness (QED) is 0.572. The first kappa shape index (κ1) is 17.1. The summed E-state index contributed by atoms with van der Waals surface area (Å²) in [5.74, 6) is 0.487. The summed E-state index contributed by atoms with van der Waals surface area (Å²) < 4.78 is 0. The topological polar surface area (TPSA) is 124 Å². The number of amides is 1. The van der Waals surface area contributed by atoms with Crippen LogP contribution >= 0.6 is 0 Å². The number of hydrogen-bond acceptors (Lipinski definition) is 7. The highest BCUT2D eigenvalue weighted by Crippen LogP contribution is 2.00. The minimum atomic E-state index is -0.538. The fraction of sp³-hybridized carbons (Fsp3) is 0.692. The number of rotatable bonds is 10. The molecule has 0 fully saturated rings. The van der Waals surface area contributed by atoms with Gasteiger partial charge in [0.25, 0.3) is 0 Å². The van der Waals surface area contributed by atoms with E-state index < -0.39 is 6.04 Å². The molecule has 116 valence electrons. The second-order valence-electron chi connectivity index (χ2n) is 4.88. The lowest BCUT2D eigenvalue weighted by atomic mass is 10.1. The van der Waals surface area contributed by atoms with E-state index in [0.717, 1.165) is 25.7 Å². The van der Waals surface area contributed by atoms with Gasteiger partial charge in [0.05, 0.1) is 6.04 Å². The molecule has 21 heavy (non-hydrogen) atoms. The van der Waals surface area contributed by atoms with Crippen molar-refractivity contribution in [1.82, 2.24) is 25.7 Å². The molecule has 1 unspecified atom stereocenters. The third-order valence-electron chi connectivity index (χ3n) is 3.05. The molecule has 0 radical (unpaired) electrons. The Morgan fingerprint density at radius 3 is 2.62 bits per heavy atom. The molecule has 1 amide bonds. The molecule has 1 rings (SSSR count). The largest absolute Gasteiger partial charge is 0.356 e. The van der Waals surface area contributed by atoms with Crippen LogP contribution < -0.4 is 11.1 Å². The van der Waals surface area contributed by atoms with Gasteiger partial charge in [0.2, 0.25) is 5.91 Å². The van der Waals surface area contributed by atoms with Gasteiger partial charge in [-0.1, -0.05) is 6.42 Å². The van der Waals surface area contributed by atoms with Gasteiger partial charge in [0.15, 0.2) is 12.2 Å². The summed E-state index contributed by atoms with van der Waals surface area (Å²) in [6.07, 6.45) is 5.50. The number of Topliss-reactive ketones (excluding diaryl/α,β-unsaturated/α-hetero) is 1. The van der Waals surface area contributed by atoms with Gasteiger partial charge in [0.1, 0.15) is 5.78 Å². The summed E-state index contributed by atoms with van der Waals surface area (Å²) in [5, 5.41) is 17.8. The van der Waals surface area contributed by atoms with E-state index in [2.05, 4.69) is 25.7 Å². The van der Waals surface area contributed by atoms with Crippen LogP contribution in [0, 0.1) is 0 Å². The lowest BCUT2D eigenvalue weighted by Gasteiger charge is -2.08. The molecular formula is C13H22N6O2. The van der Waals surface area contributed by atoms with Gasteiger partial charge in [-0.15, -0.1) is 20.4 Å². The van der Waals surface area contributed by atoms with Gasteiger partial charge in [-0.3, -0.25) is 9.59 Å². The van der Waals surface area contributed by atoms with Gasteiger partial charge in [0, 0.05) is 19.4 Å². The van der Waals surface area contributed by atoms with E-state index in [4.69, 9.17) is 5.73 Å². The number of hydrogen-bond donors (Lipinski definition) is 2. The smallest absolute Gasteiger partial charge is 0.220 e. The molecule has 0 spiro atoms. The Bertz CT molecular complexity index is 440. The number of nitrogens with zero attached hydrogens (tertiary/aromatic N) is 4. The zero-order chi connectivity index (χ0) is 15.5. The van der Waals surface area contributed by atoms with Crippen molar-refractivity contribution < 1.29 is 9.59 Å². The van der Waals surface area contributed by atoms with Crippen molar-refractivity contribution in [3.8, 4) is 0 Å². The molecule has 1 atom stereocenters. The number of unbranched alkanes of at least 4 members (excludes halogenated alkanes) is 2. The monoisotopic (exact) mass is 294 g/mol. The highest BCUT2D eigenvalue weighted by Gasteiger charge is 2.10. The summed E-state index contributed by atoms with van der Waals surface area (Å²) in [5.41, 5.74) is 5.56. The lowest BCUT2D eigenvalue weighted by molar-refractivity contribution is -0.121. The third kappa shape index (κ3) is 8.03. The van der Waals surface area contributed by atoms with Crippen LogP contribution in [0.5, 0.6) is 0 Å². The first-order valence-corrected chi connectivity index (χ1v) is 7.11. The zero-order valence-corrected chi connectivity index (χ0v) is 12.3. The van der Waals surface area contributed by atoms with Crippen molar-refractivity contribution >= 4 is 11.7 Å². The molecule has 3 N–H and O–H groups in total. The van der Waals surface area contributed by atoms with Gasteiger partial charge in [-0.05, 0) is 26.2 Å². The highest BCUT2D eigenvalue weighted by atomic mass is 16.1. The van der Waals surface area contributed by atoms with Crippen molar-refractivity contribution in [2.75, 3.05) is 6.54 Å². The van der Waals surface area contributed by atoms with Gasteiger partial charge in [-0.25, -0.2) is 0 Å². The molecular weight excluding hydrogens is 272 g/mol. The molecule has 0 bridgehead atoms. The normalized spacial score (nSPS) is 11.9. The molecule has 0 aliphatic heterocycles. The maximum absolute atomic E-state index is 11.5. The minimum Gasteiger partial charge on any atom is -0.356 e. The number of ketones is 1. The first-order valence-electron chi connectivity index (χ1n) is 7.11. The van der Waals surface area contributed by atoms with E-state index in [0.29, 0.717) is 18.8 Å². The van der Waals surface area contributed by atoms with Crippen LogP contribution in [0.2, 0.25) is 0 Å². The second kappa shape index (κ2) is 9.87. The van der Waals surface area contributed by atoms with E-state index in [1.54, 1.807) is 0 Å². The third-order valence-corrected chi connectivity index (χ3v) is 3.05. The lowest BCUT2D eigenvalue weighted by Crippen LogP contribution is -2.31. The molecule has 1 heterocycles. The predicted octanol–water partition coefficient (Wildman–Crippen LogP) is -0.208. The Hall–Kier alpha value is -1.96. The number of nitrogens with two attached hydrogens (primary N) is 1. The number of aryl methyl sites for hydroxylation is 1. The van der Waals surface area contributed by atoms with Crippen LogP contribution in [0.15, 0.2) is 6.33 Å². The molecule has 1 aromatic rings. The standard InChI is InChI=1S/C13H22N6O2/c1-10(20)11(14)6-7-13(21)15-8-4-2-3-5-12-18-16-9-17-19-12/h9,11H,2-8,14H2,1H3,(H,15,21). The molecule has 8 heteroatoms. The minimum absolute atomic E-state index is 0.0634. The molecule has 0 saturated heterocycles. The van der Waals surface area contributed by atoms with E-state index in [1.165, 1.54) is 13.3 Å². The van der Waals surface area contributed by atoms with Crippen molar-refractivity contribution in [2.24, 2.45) is 5.73 Å². The first-order chi connectivity index (χ1) is 10.1. The Labute approximate surface area is 123 Å². The average Bonchev–Trinajstić information content (AvgIpc) is 2.49. The van der Waals surface area contributed by atoms with E-state index >= 15 is 0 Å². The number of nitrogens with one attached hydrogen (secondary N) is 1. The van der Waals surface area contributed by atoms with Crippen LogP contribution in [-0.4, -0.2) is 44.7 Å². The zero-order valence-electron chi connectivity index (χ0n) is 12.3. The second-order valence-corrected chi connectivity index (χ2v) is 4.88. The van der Waals surface area contributed by atoms with Crippen molar-refractivity contribution in [3.63, 3.8) is 0 Å². The van der Waals surface area contributed by atoms with Crippen LogP contribution in [0.4, 0.5) is 0 Å². The maximum Gasteiger partial charge on any atom is 0.220 e. The Morgan fingerprint density at radius 1 is 1.24 bits per heavy atom. The van der Waals surface area contributed by atoms with Gasteiger partial charge < -0.3 is 11.1 Å². The number of aromatic nitrogens is 4. The molecule has 1 aromatic heterocycles. The molecule has 0 saturated carbocycles. The number of carbonyl (C=O) groups is 2. The molecule has 8 nitrogen and oxygen atoms in total. The Morgan fingerprint density at radius 2 is 1.95 bits per heavy atom. The van der Waals surface area contributed by atoms with Crippen LogP contribution in [0.25, 0.3) is 0 Å². The van der Waals surface area contributed by atoms with E-state index in [-0.39, 0.29) is 18.1 Å². The molecule has 0 aromatic carbocycles. The summed E-state index contributed by atoms with van der Waals surface area (Å²) in [6, 6.07) is -0.538. The van der Waals surface area contributed by atoms with Crippen LogP contribution in [0.1, 0.15) is 44.9 Å². The SMILES string of the molecule is CC(=O)C(N)CCC(=O)NCCCCCc1nncnn1. The summed E-state index contributed by atoms with van der Waals surface area (Å²) in [7, 11) is 0. The Balaban J connectivity index is 1.98. The van der Waals surface area contributed by atoms with Crippen molar-refractivity contribution in [1.29, 1.82) is 0 Å². The summed E-state index contributed by atoms with van der Waals surface area (Å²) in [6.45, 7) is 2.06. The molecule has 0 aliphatic rings. The maximum atomic E-state index is 11.5. The van der Waals surface area contributed by atoms with E-state index in [1.807, 2.05) is 0 Å². The fourth-order valence-electron chi connectivity index (χ4n) is 1.72. The fourth-order valence-corrected chi connectivity index (χ4v) is 1.72. The average molecular weight is 294 g/mol. The summed E-state index contributed by atoms with van der Waals surface area (Å²) >= 11 is 0. The van der Waals surface area contributed by atoms with Crippen molar-refractivity contribution in [2.45, 2.75) is 51.5 Å². The van der Waals surface area contributed by atoms with Crippen LogP contribution in [0.3, 0.4) is 0 Å². The highest BCUT2D eigenvalue weighted by molar-refractivity contribution is 5.82. The van der Waals surface area contributed by atoms with Crippen LogP contribution in [-0.2, 0) is 16.0 Å². The Kier molecular flexibility index (Phi) is 8.03. The number of carbonyl (C=O) groups excluding carboxylic acids is 2.